The second-order valence-electron chi connectivity index (χ2n) is 6.25. The molecule has 0 aliphatic heterocycles. The van der Waals surface area contributed by atoms with Gasteiger partial charge in [-0.3, -0.25) is 0 Å². The average Bonchev–Trinajstić information content (AvgIpc) is 2.63. The second kappa shape index (κ2) is 5.35. The van der Waals surface area contributed by atoms with Gasteiger partial charge in [0.25, 0.3) is 0 Å². The minimum absolute atomic E-state index is 0.0937. The first kappa shape index (κ1) is 14.1. The maximum atomic E-state index is 6.04. The van der Waals surface area contributed by atoms with E-state index >= 15 is 0 Å². The molecule has 1 aromatic heterocycles. The summed E-state index contributed by atoms with van der Waals surface area (Å²) < 4.78 is 0. The number of nitrogens with one attached hydrogen (secondary N) is 1. The van der Waals surface area contributed by atoms with E-state index in [0.29, 0.717) is 0 Å². The SMILES string of the molecule is Cc1[nH]c2ccccc2c1CN(C)CCC(C)(C)N. The molecule has 3 heteroatoms. The third-order valence-corrected chi connectivity index (χ3v) is 3.59. The van der Waals surface area contributed by atoms with Gasteiger partial charge < -0.3 is 15.6 Å². The van der Waals surface area contributed by atoms with E-state index in [2.05, 4.69) is 62.0 Å². The van der Waals surface area contributed by atoms with E-state index in [1.807, 2.05) is 0 Å². The van der Waals surface area contributed by atoms with Crippen molar-refractivity contribution in [2.75, 3.05) is 13.6 Å². The van der Waals surface area contributed by atoms with Crippen LogP contribution in [0.5, 0.6) is 0 Å². The number of hydrogen-bond acceptors (Lipinski definition) is 2. The van der Waals surface area contributed by atoms with Gasteiger partial charge in [0, 0.05) is 28.7 Å². The predicted octanol–water partition coefficient (Wildman–Crippen LogP) is 3.04. The molecule has 1 aromatic carbocycles. The van der Waals surface area contributed by atoms with Crippen molar-refractivity contribution in [1.82, 2.24) is 9.88 Å². The molecule has 0 spiro atoms. The molecule has 1 heterocycles. The number of nitrogens with zero attached hydrogens (tertiary/aromatic N) is 1. The molecule has 0 radical (unpaired) electrons. The van der Waals surface area contributed by atoms with Gasteiger partial charge in [0.1, 0.15) is 0 Å². The van der Waals surface area contributed by atoms with Crippen LogP contribution < -0.4 is 5.73 Å². The van der Waals surface area contributed by atoms with Crippen LogP contribution in [0.1, 0.15) is 31.5 Å². The van der Waals surface area contributed by atoms with Crippen LogP contribution in [-0.2, 0) is 6.54 Å². The molecule has 0 bridgehead atoms. The summed E-state index contributed by atoms with van der Waals surface area (Å²) in [5.41, 5.74) is 9.84. The van der Waals surface area contributed by atoms with Crippen LogP contribution in [0.25, 0.3) is 10.9 Å². The standard InChI is InChI=1S/C16H25N3/c1-12-14(11-19(4)10-9-16(2,3)17)13-7-5-6-8-15(13)18-12/h5-8,18H,9-11,17H2,1-4H3. The number of aromatic amines is 1. The lowest BCUT2D eigenvalue weighted by atomic mass is 10.0. The fourth-order valence-electron chi connectivity index (χ4n) is 2.37. The van der Waals surface area contributed by atoms with Gasteiger partial charge in [-0.2, -0.15) is 0 Å². The second-order valence-corrected chi connectivity index (χ2v) is 6.25. The fourth-order valence-corrected chi connectivity index (χ4v) is 2.37. The summed E-state index contributed by atoms with van der Waals surface area (Å²) in [6.07, 6.45) is 1.00. The van der Waals surface area contributed by atoms with Gasteiger partial charge in [0.05, 0.1) is 0 Å². The minimum Gasteiger partial charge on any atom is -0.358 e. The summed E-state index contributed by atoms with van der Waals surface area (Å²) >= 11 is 0. The Labute approximate surface area is 115 Å². The van der Waals surface area contributed by atoms with Gasteiger partial charge in [-0.05, 0) is 52.4 Å². The first-order valence-corrected chi connectivity index (χ1v) is 6.90. The molecule has 3 nitrogen and oxygen atoms in total. The van der Waals surface area contributed by atoms with Gasteiger partial charge in [-0.1, -0.05) is 18.2 Å². The molecule has 0 aliphatic carbocycles. The molecule has 0 fully saturated rings. The summed E-state index contributed by atoms with van der Waals surface area (Å²) in [4.78, 5) is 5.80. The molecule has 0 amide bonds. The van der Waals surface area contributed by atoms with E-state index in [-0.39, 0.29) is 5.54 Å². The van der Waals surface area contributed by atoms with E-state index in [1.165, 1.54) is 22.2 Å². The molecule has 0 saturated heterocycles. The molecule has 2 rings (SSSR count). The zero-order valence-electron chi connectivity index (χ0n) is 12.5. The Morgan fingerprint density at radius 1 is 1.26 bits per heavy atom. The Balaban J connectivity index is 2.10. The van der Waals surface area contributed by atoms with Crippen molar-refractivity contribution in [2.24, 2.45) is 5.73 Å². The first-order chi connectivity index (χ1) is 8.87. The quantitative estimate of drug-likeness (QED) is 0.867. The van der Waals surface area contributed by atoms with Gasteiger partial charge in [-0.25, -0.2) is 0 Å². The summed E-state index contributed by atoms with van der Waals surface area (Å²) in [6.45, 7) is 8.29. The summed E-state index contributed by atoms with van der Waals surface area (Å²) in [5, 5.41) is 1.33. The van der Waals surface area contributed by atoms with Crippen LogP contribution in [0.3, 0.4) is 0 Å². The number of rotatable bonds is 5. The predicted molar refractivity (Wildman–Crippen MR) is 82.3 cm³/mol. The third-order valence-electron chi connectivity index (χ3n) is 3.59. The van der Waals surface area contributed by atoms with Crippen molar-refractivity contribution >= 4 is 10.9 Å². The largest absolute Gasteiger partial charge is 0.358 e. The van der Waals surface area contributed by atoms with Crippen LogP contribution in [0, 0.1) is 6.92 Å². The molecule has 19 heavy (non-hydrogen) atoms. The minimum atomic E-state index is -0.0937. The first-order valence-electron chi connectivity index (χ1n) is 6.90. The lowest BCUT2D eigenvalue weighted by Gasteiger charge is -2.23. The molecule has 104 valence electrons. The molecule has 3 N–H and O–H groups in total. The van der Waals surface area contributed by atoms with Crippen molar-refractivity contribution < 1.29 is 0 Å². The highest BCUT2D eigenvalue weighted by molar-refractivity contribution is 5.84. The Morgan fingerprint density at radius 3 is 2.63 bits per heavy atom. The normalized spacial score (nSPS) is 12.5. The topological polar surface area (TPSA) is 45.0 Å². The van der Waals surface area contributed by atoms with E-state index in [9.17, 15) is 0 Å². The van der Waals surface area contributed by atoms with Gasteiger partial charge in [0.15, 0.2) is 0 Å². The van der Waals surface area contributed by atoms with Crippen LogP contribution in [-0.4, -0.2) is 29.0 Å². The zero-order chi connectivity index (χ0) is 14.0. The maximum absolute atomic E-state index is 6.04. The van der Waals surface area contributed by atoms with Crippen molar-refractivity contribution in [3.8, 4) is 0 Å². The number of benzene rings is 1. The molecule has 0 aliphatic rings. The smallest absolute Gasteiger partial charge is 0.0459 e. The van der Waals surface area contributed by atoms with Crippen LogP contribution >= 0.6 is 0 Å². The van der Waals surface area contributed by atoms with Gasteiger partial charge in [0.2, 0.25) is 0 Å². The number of fused-ring (bicyclic) bond motifs is 1. The molecule has 2 aromatic rings. The molecule has 0 saturated carbocycles. The number of para-hydroxylation sites is 1. The Bertz CT molecular complexity index is 549. The monoisotopic (exact) mass is 259 g/mol. The van der Waals surface area contributed by atoms with Crippen molar-refractivity contribution in [1.29, 1.82) is 0 Å². The Kier molecular flexibility index (Phi) is 3.97. The van der Waals surface area contributed by atoms with Crippen LogP contribution in [0.15, 0.2) is 24.3 Å². The highest BCUT2D eigenvalue weighted by Gasteiger charge is 2.14. The highest BCUT2D eigenvalue weighted by atomic mass is 15.1. The Hall–Kier alpha value is -1.32. The number of aromatic nitrogens is 1. The van der Waals surface area contributed by atoms with Crippen LogP contribution in [0.2, 0.25) is 0 Å². The van der Waals surface area contributed by atoms with E-state index in [1.54, 1.807) is 0 Å². The van der Waals surface area contributed by atoms with Gasteiger partial charge >= 0.3 is 0 Å². The fraction of sp³-hybridized carbons (Fsp3) is 0.500. The molecule has 0 unspecified atom stereocenters. The number of hydrogen-bond donors (Lipinski definition) is 2. The molecular formula is C16H25N3. The van der Waals surface area contributed by atoms with Gasteiger partial charge in [-0.15, -0.1) is 0 Å². The third kappa shape index (κ3) is 3.58. The maximum Gasteiger partial charge on any atom is 0.0459 e. The number of nitrogens with two attached hydrogens (primary N) is 1. The average molecular weight is 259 g/mol. The lowest BCUT2D eigenvalue weighted by molar-refractivity contribution is 0.289. The summed E-state index contributed by atoms with van der Waals surface area (Å²) in [5.74, 6) is 0. The van der Waals surface area contributed by atoms with Crippen LogP contribution in [0.4, 0.5) is 0 Å². The number of H-pyrrole nitrogens is 1. The van der Waals surface area contributed by atoms with E-state index in [0.717, 1.165) is 19.5 Å². The molecular weight excluding hydrogens is 234 g/mol. The summed E-state index contributed by atoms with van der Waals surface area (Å²) in [6, 6.07) is 8.49. The lowest BCUT2D eigenvalue weighted by Crippen LogP contribution is -2.36. The zero-order valence-corrected chi connectivity index (χ0v) is 12.5. The molecule has 0 atom stereocenters. The van der Waals surface area contributed by atoms with E-state index in [4.69, 9.17) is 5.73 Å². The number of aryl methyl sites for hydroxylation is 1. The summed E-state index contributed by atoms with van der Waals surface area (Å²) in [7, 11) is 2.16. The van der Waals surface area contributed by atoms with Crippen molar-refractivity contribution in [3.05, 3.63) is 35.5 Å². The van der Waals surface area contributed by atoms with Crippen molar-refractivity contribution in [3.63, 3.8) is 0 Å². The Morgan fingerprint density at radius 2 is 1.95 bits per heavy atom. The highest BCUT2D eigenvalue weighted by Crippen LogP contribution is 2.23. The van der Waals surface area contributed by atoms with E-state index < -0.39 is 0 Å². The van der Waals surface area contributed by atoms with Crippen molar-refractivity contribution in [2.45, 2.75) is 39.3 Å².